The number of hydrogen-bond acceptors (Lipinski definition) is 2. The van der Waals surface area contributed by atoms with Crippen LogP contribution in [-0.2, 0) is 30.5 Å². The first kappa shape index (κ1) is 6.72. The van der Waals surface area contributed by atoms with E-state index in [0.717, 1.165) is 0 Å². The van der Waals surface area contributed by atoms with Crippen LogP contribution in [-0.4, -0.2) is 24.9 Å². The molecule has 2 fully saturated rings. The Morgan fingerprint density at radius 2 is 2.12 bits per heavy atom. The van der Waals surface area contributed by atoms with Crippen molar-refractivity contribution < 1.29 is 30.5 Å². The van der Waals surface area contributed by atoms with Gasteiger partial charge in [0, 0.05) is 21.1 Å². The molecule has 0 spiro atoms. The quantitative estimate of drug-likeness (QED) is 0.525. The molecular formula is C5H7O2W-. The van der Waals surface area contributed by atoms with Gasteiger partial charge in [-0.25, -0.2) is 0 Å². The van der Waals surface area contributed by atoms with Crippen molar-refractivity contribution in [2.24, 2.45) is 0 Å². The van der Waals surface area contributed by atoms with Crippen molar-refractivity contribution in [3.63, 3.8) is 0 Å². The zero-order valence-corrected chi connectivity index (χ0v) is 7.30. The molecule has 2 rings (SSSR count). The van der Waals surface area contributed by atoms with E-state index in [1.165, 1.54) is 0 Å². The van der Waals surface area contributed by atoms with E-state index in [4.69, 9.17) is 9.47 Å². The topological polar surface area (TPSA) is 21.8 Å². The van der Waals surface area contributed by atoms with Crippen molar-refractivity contribution in [2.45, 2.75) is 18.3 Å². The molecule has 0 aromatic rings. The standard InChI is InChI=1S/C5H7O2.W/c1-2-6-3-4-5(3)7-4;/h3-5H,1-2H2;/q-1;. The van der Waals surface area contributed by atoms with Gasteiger partial charge in [0.05, 0.1) is 0 Å². The van der Waals surface area contributed by atoms with Crippen molar-refractivity contribution >= 4 is 0 Å². The third-order valence-electron chi connectivity index (χ3n) is 1.38. The second-order valence-corrected chi connectivity index (χ2v) is 1.90. The molecule has 0 aromatic heterocycles. The SMILES string of the molecule is [CH2-]COC1C2OC12.[W]. The fraction of sp³-hybridized carbons (Fsp3) is 0.800. The third-order valence-corrected chi connectivity index (χ3v) is 1.38. The summed E-state index contributed by atoms with van der Waals surface area (Å²) >= 11 is 0. The zero-order chi connectivity index (χ0) is 4.85. The van der Waals surface area contributed by atoms with Gasteiger partial charge >= 0.3 is 0 Å². The Labute approximate surface area is 62.8 Å². The van der Waals surface area contributed by atoms with Crippen LogP contribution in [0.3, 0.4) is 0 Å². The molecule has 0 N–H and O–H groups in total. The summed E-state index contributed by atoms with van der Waals surface area (Å²) in [5, 5.41) is 0. The largest absolute Gasteiger partial charge is 0.405 e. The third kappa shape index (κ3) is 0.853. The summed E-state index contributed by atoms with van der Waals surface area (Å²) in [6.45, 7) is 4.13. The normalized spacial score (nSPS) is 46.9. The molecule has 2 atom stereocenters. The second-order valence-electron chi connectivity index (χ2n) is 1.90. The molecule has 1 heterocycles. The molecule has 0 bridgehead atoms. The Balaban J connectivity index is 0.000000320. The van der Waals surface area contributed by atoms with E-state index in [0.29, 0.717) is 24.9 Å². The van der Waals surface area contributed by atoms with E-state index in [9.17, 15) is 0 Å². The van der Waals surface area contributed by atoms with E-state index in [-0.39, 0.29) is 21.1 Å². The van der Waals surface area contributed by atoms with Crippen LogP contribution in [0.5, 0.6) is 0 Å². The molecule has 2 unspecified atom stereocenters. The van der Waals surface area contributed by atoms with Crippen LogP contribution in [0.1, 0.15) is 0 Å². The molecule has 3 heteroatoms. The van der Waals surface area contributed by atoms with Crippen molar-refractivity contribution in [1.29, 1.82) is 0 Å². The number of fused-ring (bicyclic) bond motifs is 1. The van der Waals surface area contributed by atoms with Gasteiger partial charge in [0.25, 0.3) is 0 Å². The zero-order valence-electron chi connectivity index (χ0n) is 4.37. The first-order chi connectivity index (χ1) is 3.43. The molecule has 0 radical (unpaired) electrons. The number of rotatable bonds is 2. The Morgan fingerprint density at radius 3 is 2.25 bits per heavy atom. The minimum absolute atomic E-state index is 0. The van der Waals surface area contributed by atoms with E-state index in [2.05, 4.69) is 6.92 Å². The molecule has 1 saturated heterocycles. The Kier molecular flexibility index (Phi) is 1.76. The van der Waals surface area contributed by atoms with Gasteiger partial charge in [0.1, 0.15) is 18.3 Å². The Bertz CT molecular complexity index is 88.4. The van der Waals surface area contributed by atoms with Crippen LogP contribution < -0.4 is 0 Å². The van der Waals surface area contributed by atoms with E-state index < -0.39 is 0 Å². The first-order valence-electron chi connectivity index (χ1n) is 2.50. The first-order valence-corrected chi connectivity index (χ1v) is 2.50. The molecule has 0 amide bonds. The maximum atomic E-state index is 5.08. The van der Waals surface area contributed by atoms with Gasteiger partial charge in [-0.1, -0.05) is 6.61 Å². The van der Waals surface area contributed by atoms with E-state index >= 15 is 0 Å². The summed E-state index contributed by atoms with van der Waals surface area (Å²) in [4.78, 5) is 0. The van der Waals surface area contributed by atoms with Gasteiger partial charge in [-0.05, 0) is 0 Å². The molecule has 0 aromatic carbocycles. The van der Waals surface area contributed by atoms with Crippen LogP contribution in [0.4, 0.5) is 0 Å². The van der Waals surface area contributed by atoms with Crippen LogP contribution >= 0.6 is 0 Å². The van der Waals surface area contributed by atoms with Gasteiger partial charge in [0.2, 0.25) is 0 Å². The number of epoxide rings is 1. The van der Waals surface area contributed by atoms with Crippen LogP contribution in [0.15, 0.2) is 0 Å². The summed E-state index contributed by atoms with van der Waals surface area (Å²) in [5.41, 5.74) is 0. The molecule has 2 nitrogen and oxygen atoms in total. The van der Waals surface area contributed by atoms with E-state index in [1.54, 1.807) is 0 Å². The predicted molar refractivity (Wildman–Crippen MR) is 23.8 cm³/mol. The van der Waals surface area contributed by atoms with E-state index in [1.807, 2.05) is 0 Å². The summed E-state index contributed by atoms with van der Waals surface area (Å²) < 4.78 is 10.00. The van der Waals surface area contributed by atoms with Gasteiger partial charge in [0.15, 0.2) is 0 Å². The summed E-state index contributed by atoms with van der Waals surface area (Å²) in [6.07, 6.45) is 1.38. The number of ether oxygens (including phenoxy) is 2. The Hall–Kier alpha value is 0.608. The van der Waals surface area contributed by atoms with Crippen LogP contribution in [0, 0.1) is 6.92 Å². The molecule has 46 valence electrons. The van der Waals surface area contributed by atoms with Gasteiger partial charge in [-0.15, -0.1) is 0 Å². The van der Waals surface area contributed by atoms with Crippen LogP contribution in [0.2, 0.25) is 0 Å². The molecule has 2 aliphatic rings. The predicted octanol–water partition coefficient (Wildman–Crippen LogP) is -0.0158. The molecule has 8 heavy (non-hydrogen) atoms. The van der Waals surface area contributed by atoms with Gasteiger partial charge < -0.3 is 16.4 Å². The average Bonchev–Trinajstić information content (AvgIpc) is 2.41. The summed E-state index contributed by atoms with van der Waals surface area (Å²) in [6, 6.07) is 0. The van der Waals surface area contributed by atoms with Crippen molar-refractivity contribution in [3.8, 4) is 0 Å². The van der Waals surface area contributed by atoms with Crippen molar-refractivity contribution in [2.75, 3.05) is 6.61 Å². The molecule has 1 saturated carbocycles. The number of hydrogen-bond donors (Lipinski definition) is 0. The fourth-order valence-corrected chi connectivity index (χ4v) is 0.759. The molecular weight excluding hydrogens is 276 g/mol. The average molecular weight is 283 g/mol. The van der Waals surface area contributed by atoms with Crippen LogP contribution in [0.25, 0.3) is 0 Å². The van der Waals surface area contributed by atoms with Crippen molar-refractivity contribution in [1.82, 2.24) is 0 Å². The van der Waals surface area contributed by atoms with Crippen molar-refractivity contribution in [3.05, 3.63) is 6.92 Å². The van der Waals surface area contributed by atoms with Gasteiger partial charge in [-0.3, -0.25) is 0 Å². The Morgan fingerprint density at radius 1 is 1.50 bits per heavy atom. The minimum Gasteiger partial charge on any atom is -0.405 e. The summed E-state index contributed by atoms with van der Waals surface area (Å²) in [5.74, 6) is 0. The maximum Gasteiger partial charge on any atom is 0.116 e. The minimum atomic E-state index is 0. The second kappa shape index (κ2) is 2.09. The van der Waals surface area contributed by atoms with Gasteiger partial charge in [-0.2, -0.15) is 0 Å². The fourth-order valence-electron chi connectivity index (χ4n) is 0.759. The smallest absolute Gasteiger partial charge is 0.116 e. The summed E-state index contributed by atoms with van der Waals surface area (Å²) in [7, 11) is 0. The monoisotopic (exact) mass is 283 g/mol. The molecule has 1 aliphatic carbocycles. The molecule has 1 aliphatic heterocycles. The maximum absolute atomic E-state index is 5.08.